The number of aryl methyl sites for hydroxylation is 2. The number of aromatic amines is 3. The van der Waals surface area contributed by atoms with Crippen molar-refractivity contribution in [3.05, 3.63) is 187 Å². The number of fused-ring (bicyclic) bond motifs is 16. The van der Waals surface area contributed by atoms with Crippen LogP contribution in [0.25, 0.3) is 81.6 Å². The van der Waals surface area contributed by atoms with Gasteiger partial charge >= 0.3 is 41.4 Å². The molecule has 25 nitrogen and oxygen atoms in total. The summed E-state index contributed by atoms with van der Waals surface area (Å²) in [6.07, 6.45) is 31.0. The molecule has 0 atom stereocenters. The summed E-state index contributed by atoms with van der Waals surface area (Å²) in [5.74, 6) is 3.90. The number of hydrogen-bond acceptors (Lipinski definition) is 15. The van der Waals surface area contributed by atoms with Crippen LogP contribution < -0.4 is 44.1 Å². The molecule has 16 rings (SSSR count). The van der Waals surface area contributed by atoms with E-state index >= 15 is 0 Å². The number of rotatable bonds is 17. The van der Waals surface area contributed by atoms with Crippen LogP contribution in [0.15, 0.2) is 159 Å². The van der Waals surface area contributed by atoms with Gasteiger partial charge in [-0.2, -0.15) is 15.3 Å². The lowest BCUT2D eigenvalue weighted by molar-refractivity contribution is 0.0516. The molecule has 660 valence electrons. The highest BCUT2D eigenvalue weighted by atomic mass is 79.9. The molecule has 4 bridgehead atoms. The van der Waals surface area contributed by atoms with Gasteiger partial charge in [0, 0.05) is 70.8 Å². The van der Waals surface area contributed by atoms with Crippen molar-refractivity contribution in [1.82, 2.24) is 65.1 Å². The number of hydrogen-bond donors (Lipinski definition) is 8. The zero-order valence-electron chi connectivity index (χ0n) is 73.5. The van der Waals surface area contributed by atoms with Crippen molar-refractivity contribution in [2.45, 2.75) is 257 Å². The average Bonchev–Trinajstić information content (AvgIpc) is 1.72. The van der Waals surface area contributed by atoms with Crippen LogP contribution in [0.1, 0.15) is 197 Å². The molecule has 123 heavy (non-hydrogen) atoms. The van der Waals surface area contributed by atoms with E-state index in [1.54, 1.807) is 21.1 Å². The molecule has 6 aromatic heterocycles. The maximum Gasteiger partial charge on any atom is 0.407 e. The molecule has 4 saturated heterocycles. The maximum absolute atomic E-state index is 12.2. The summed E-state index contributed by atoms with van der Waals surface area (Å²) in [6, 6.07) is 37.1. The number of nitrogens with zero attached hydrogens (tertiary/aromatic N) is 6. The molecule has 9 N–H and O–H groups in total. The van der Waals surface area contributed by atoms with Crippen molar-refractivity contribution in [1.29, 1.82) is 0 Å². The fourth-order valence-corrected chi connectivity index (χ4v) is 18.2. The Morgan fingerprint density at radius 1 is 0.439 bits per heavy atom. The third kappa shape index (κ3) is 27.3. The SMILES string of the molecule is C=CCNC(=O)OC(C)(C)C.CC(C)(C)OC(=O)NCCCB1C2CCCC1CCC2.CC(C)(C)OC(=O)NCCCB1C2CCCC1CCC2.CC(C)(C)OC(=O)NCCCc1cn2c(=O)[nH]nc2c2cc3ccccc3cc12.Cl.Cl.NCCCc1cn2c(=O)[nH]nc2c2cc3ccccc3cc12.O=c1[nH]nc2c3cc4ccccc4cc3c(Br)cn12. The highest BCUT2D eigenvalue weighted by molar-refractivity contribution is 9.10. The molecule has 0 unspecified atom stereocenters. The Morgan fingerprint density at radius 2 is 0.715 bits per heavy atom. The highest BCUT2D eigenvalue weighted by Crippen LogP contribution is 2.49. The molecular formula is C93H125B2BrCl2N14O11. The zero-order valence-corrected chi connectivity index (χ0v) is 76.7. The number of H-pyrrole nitrogens is 3. The number of pyridine rings is 3. The predicted molar refractivity (Wildman–Crippen MR) is 508 cm³/mol. The molecule has 0 aliphatic carbocycles. The minimum atomic E-state index is -0.519. The summed E-state index contributed by atoms with van der Waals surface area (Å²) >= 11 is 3.52. The third-order valence-electron chi connectivity index (χ3n) is 22.8. The van der Waals surface area contributed by atoms with E-state index in [0.717, 1.165) is 157 Å². The van der Waals surface area contributed by atoms with Crippen LogP contribution in [-0.2, 0) is 31.8 Å². The zero-order chi connectivity index (χ0) is 86.8. The lowest BCUT2D eigenvalue weighted by Crippen LogP contribution is -2.36. The molecule has 6 aromatic carbocycles. The normalized spacial score (nSPS) is 16.2. The predicted octanol–water partition coefficient (Wildman–Crippen LogP) is 20.6. The Kier molecular flexibility index (Phi) is 34.8. The third-order valence-corrected chi connectivity index (χ3v) is 23.4. The van der Waals surface area contributed by atoms with E-state index in [-0.39, 0.29) is 54.1 Å². The van der Waals surface area contributed by atoms with Gasteiger partial charge in [-0.25, -0.2) is 62.1 Å². The van der Waals surface area contributed by atoms with Gasteiger partial charge in [-0.05, 0) is 235 Å². The van der Waals surface area contributed by atoms with Gasteiger partial charge in [0.25, 0.3) is 0 Å². The number of amides is 4. The van der Waals surface area contributed by atoms with Gasteiger partial charge in [0.1, 0.15) is 35.8 Å². The van der Waals surface area contributed by atoms with Gasteiger partial charge in [-0.3, -0.25) is 0 Å². The van der Waals surface area contributed by atoms with Crippen LogP contribution in [0, 0.1) is 0 Å². The first-order valence-electron chi connectivity index (χ1n) is 43.3. The van der Waals surface area contributed by atoms with E-state index in [0.29, 0.717) is 43.0 Å². The molecule has 0 radical (unpaired) electrons. The second-order valence-electron chi connectivity index (χ2n) is 36.5. The van der Waals surface area contributed by atoms with Crippen LogP contribution in [0.2, 0.25) is 35.9 Å². The number of nitrogens with one attached hydrogen (secondary N) is 7. The van der Waals surface area contributed by atoms with Crippen molar-refractivity contribution >= 4 is 160 Å². The van der Waals surface area contributed by atoms with E-state index < -0.39 is 34.6 Å². The summed E-state index contributed by atoms with van der Waals surface area (Å²) in [4.78, 5) is 81.6. The van der Waals surface area contributed by atoms with Crippen molar-refractivity contribution in [3.63, 3.8) is 0 Å². The number of ether oxygens (including phenoxy) is 4. The summed E-state index contributed by atoms with van der Waals surface area (Å²) in [5.41, 5.74) is 7.30. The second-order valence-corrected chi connectivity index (χ2v) is 37.4. The van der Waals surface area contributed by atoms with Crippen molar-refractivity contribution in [2.75, 3.05) is 32.7 Å². The molecule has 4 aliphatic rings. The number of halogens is 3. The van der Waals surface area contributed by atoms with E-state index in [1.165, 1.54) is 99.5 Å². The number of benzene rings is 6. The van der Waals surface area contributed by atoms with E-state index in [4.69, 9.17) is 24.7 Å². The minimum Gasteiger partial charge on any atom is -0.444 e. The smallest absolute Gasteiger partial charge is 0.407 e. The number of carbonyl (C=O) groups excluding carboxylic acids is 4. The van der Waals surface area contributed by atoms with Crippen LogP contribution in [0.5, 0.6) is 0 Å². The average molecular weight is 1790 g/mol. The van der Waals surface area contributed by atoms with Gasteiger partial charge in [0.05, 0.1) is 0 Å². The number of aromatic nitrogens is 9. The molecule has 0 saturated carbocycles. The van der Waals surface area contributed by atoms with Gasteiger partial charge < -0.3 is 45.9 Å². The Balaban J connectivity index is 0.000000170. The number of carbonyl (C=O) groups is 4. The number of alkyl carbamates (subject to hydrolysis) is 4. The van der Waals surface area contributed by atoms with Crippen molar-refractivity contribution in [3.8, 4) is 0 Å². The molecule has 0 spiro atoms. The van der Waals surface area contributed by atoms with Crippen molar-refractivity contribution in [2.24, 2.45) is 5.73 Å². The Morgan fingerprint density at radius 3 is 1.02 bits per heavy atom. The lowest BCUT2D eigenvalue weighted by Gasteiger charge is -2.40. The highest BCUT2D eigenvalue weighted by Gasteiger charge is 2.40. The quantitative estimate of drug-likeness (QED) is 0.0138. The van der Waals surface area contributed by atoms with E-state index in [2.05, 4.69) is 141 Å². The molecule has 10 heterocycles. The first-order chi connectivity index (χ1) is 57.7. The number of nitrogens with two attached hydrogens (primary N) is 1. The summed E-state index contributed by atoms with van der Waals surface area (Å²) < 4.78 is 26.2. The summed E-state index contributed by atoms with van der Waals surface area (Å²) in [7, 11) is 0. The first-order valence-corrected chi connectivity index (χ1v) is 44.1. The van der Waals surface area contributed by atoms with E-state index in [9.17, 15) is 33.6 Å². The molecule has 12 aromatic rings. The van der Waals surface area contributed by atoms with Gasteiger partial charge in [-0.15, -0.1) is 31.4 Å². The van der Waals surface area contributed by atoms with Crippen LogP contribution >= 0.6 is 40.7 Å². The molecule has 4 amide bonds. The van der Waals surface area contributed by atoms with E-state index in [1.807, 2.05) is 138 Å². The molecular weight excluding hydrogens is 1660 g/mol. The van der Waals surface area contributed by atoms with Crippen molar-refractivity contribution < 1.29 is 38.1 Å². The molecule has 4 fully saturated rings. The fraction of sp³-hybridized carbons (Fsp3) is 0.484. The van der Waals surface area contributed by atoms with Crippen LogP contribution in [-0.4, -0.2) is 137 Å². The monoisotopic (exact) mass is 1780 g/mol. The Hall–Kier alpha value is -9.89. The standard InChI is InChI=1S/C22H24N4O3.C17H16N4O.2C16H30BNO2.C14H8BrN3O.C8H15NO2.2ClH/c1-22(2,3)29-21(28)23-10-6-9-16-13-26-19(24-25-20(26)27)18-12-15-8-5-4-7-14(15)11-17(16)18;18-7-3-6-13-10-21-16(19-20-17(21)22)15-9-12-5-2-1-4-11(12)8-14(13)15;2*1-16(2,3)20-15(19)18-12-6-11-17-13-7-4-8-14(17)10-5-9-13;15-12-7-18-13(16-17-14(18)19)11-6-9-4-2-1-3-8(9)5-10(11)12;1-5-6-9-7(10)11-8(2,3)4;;/h4-5,7-8,11-13H,6,9-10H2,1-3H3,(H,23,28)(H,25,27);1-2,4-5,8-10H,3,6-7,18H2,(H,20,22);2*13-14H,4-12H2,1-3H3,(H,18,19);1-7H,(H,17,19);5H,1,6H2,2-4H3,(H,9,10);2*1H. The van der Waals surface area contributed by atoms with Gasteiger partial charge in [0.2, 0.25) is 0 Å². The van der Waals surface area contributed by atoms with Gasteiger partial charge in [0.15, 0.2) is 16.9 Å². The second kappa shape index (κ2) is 44.1. The molecule has 30 heteroatoms. The fourth-order valence-electron chi connectivity index (χ4n) is 17.7. The van der Waals surface area contributed by atoms with Gasteiger partial charge in [-0.1, -0.05) is 192 Å². The topological polar surface area (TPSA) is 330 Å². The maximum atomic E-state index is 12.2. The Labute approximate surface area is 741 Å². The summed E-state index contributed by atoms with van der Waals surface area (Å²) in [6.45, 7) is 30.7. The first kappa shape index (κ1) is 96.9. The van der Waals surface area contributed by atoms with Crippen LogP contribution in [0.3, 0.4) is 0 Å². The molecule has 4 aliphatic heterocycles. The Bertz CT molecular complexity index is 5680. The largest absolute Gasteiger partial charge is 0.444 e. The lowest BCUT2D eigenvalue weighted by atomic mass is 9.26. The van der Waals surface area contributed by atoms with Crippen LogP contribution in [0.4, 0.5) is 19.2 Å². The minimum absolute atomic E-state index is 0. The summed E-state index contributed by atoms with van der Waals surface area (Å²) in [5, 5.41) is 44.1.